The number of hydrogen-bond acceptors (Lipinski definition) is 3. The van der Waals surface area contributed by atoms with Crippen molar-refractivity contribution in [2.24, 2.45) is 5.41 Å². The Morgan fingerprint density at radius 3 is 2.29 bits per heavy atom. The predicted molar refractivity (Wildman–Crippen MR) is 80.1 cm³/mol. The molecule has 1 aliphatic heterocycles. The van der Waals surface area contributed by atoms with E-state index in [0.717, 1.165) is 12.8 Å². The maximum Gasteiger partial charge on any atom is 0.320 e. The molecule has 0 saturated carbocycles. The smallest absolute Gasteiger partial charge is 0.320 e. The zero-order valence-electron chi connectivity index (χ0n) is 13.3. The number of aliphatic hydroxyl groups excluding tert-OH is 1. The summed E-state index contributed by atoms with van der Waals surface area (Å²) in [5.74, 6) is -0.823. The third kappa shape index (κ3) is 3.67. The maximum absolute atomic E-state index is 12.7. The van der Waals surface area contributed by atoms with E-state index in [1.54, 1.807) is 9.80 Å². The molecule has 6 heteroatoms. The van der Waals surface area contributed by atoms with Gasteiger partial charge in [-0.25, -0.2) is 4.79 Å². The van der Waals surface area contributed by atoms with E-state index in [4.69, 9.17) is 0 Å². The molecule has 0 spiro atoms. The van der Waals surface area contributed by atoms with Crippen LogP contribution in [0.1, 0.15) is 46.5 Å². The second-order valence-electron chi connectivity index (χ2n) is 5.78. The number of aliphatic hydroxyl groups is 1. The Bertz CT molecular complexity index is 371. The molecule has 0 aromatic rings. The first-order valence-corrected chi connectivity index (χ1v) is 7.85. The van der Waals surface area contributed by atoms with Gasteiger partial charge in [0.05, 0.1) is 12.0 Å². The van der Waals surface area contributed by atoms with Crippen LogP contribution >= 0.6 is 0 Å². The van der Waals surface area contributed by atoms with Crippen molar-refractivity contribution >= 4 is 12.0 Å². The molecule has 1 atom stereocenters. The van der Waals surface area contributed by atoms with Gasteiger partial charge in [-0.1, -0.05) is 20.8 Å². The highest BCUT2D eigenvalue weighted by Gasteiger charge is 2.45. The lowest BCUT2D eigenvalue weighted by molar-refractivity contribution is -0.148. The number of likely N-dealkylation sites (tertiary alicyclic amines) is 1. The molecule has 2 N–H and O–H groups in total. The van der Waals surface area contributed by atoms with Crippen molar-refractivity contribution in [1.29, 1.82) is 0 Å². The van der Waals surface area contributed by atoms with Crippen LogP contribution in [0.25, 0.3) is 0 Å². The summed E-state index contributed by atoms with van der Waals surface area (Å²) in [6.07, 6.45) is 2.68. The van der Waals surface area contributed by atoms with Gasteiger partial charge < -0.3 is 20.0 Å². The van der Waals surface area contributed by atoms with Crippen molar-refractivity contribution in [3.8, 4) is 0 Å². The number of amides is 2. The molecular formula is C15H28N2O4. The first-order chi connectivity index (χ1) is 9.95. The Balaban J connectivity index is 2.84. The zero-order chi connectivity index (χ0) is 16.0. The van der Waals surface area contributed by atoms with E-state index in [1.165, 1.54) is 0 Å². The van der Waals surface area contributed by atoms with E-state index in [1.807, 2.05) is 20.8 Å². The lowest BCUT2D eigenvalue weighted by atomic mass is 9.84. The van der Waals surface area contributed by atoms with E-state index in [2.05, 4.69) is 0 Å². The summed E-state index contributed by atoms with van der Waals surface area (Å²) in [5.41, 5.74) is -0.811. The molecule has 2 amide bonds. The Morgan fingerprint density at radius 2 is 1.90 bits per heavy atom. The fourth-order valence-corrected chi connectivity index (χ4v) is 3.10. The number of aliphatic carboxylic acids is 1. The molecule has 0 radical (unpaired) electrons. The largest absolute Gasteiger partial charge is 0.481 e. The summed E-state index contributed by atoms with van der Waals surface area (Å²) in [6, 6.07) is -0.0552. The Labute approximate surface area is 126 Å². The molecule has 1 aliphatic rings. The van der Waals surface area contributed by atoms with Gasteiger partial charge in [0.15, 0.2) is 0 Å². The maximum atomic E-state index is 12.7. The van der Waals surface area contributed by atoms with Crippen molar-refractivity contribution in [2.45, 2.75) is 52.5 Å². The van der Waals surface area contributed by atoms with Crippen LogP contribution in [0.2, 0.25) is 0 Å². The van der Waals surface area contributed by atoms with Gasteiger partial charge in [0, 0.05) is 25.7 Å². The molecule has 21 heavy (non-hydrogen) atoms. The first kappa shape index (κ1) is 17.8. The molecule has 6 nitrogen and oxygen atoms in total. The van der Waals surface area contributed by atoms with Crippen LogP contribution in [-0.4, -0.2) is 64.3 Å². The van der Waals surface area contributed by atoms with Gasteiger partial charge in [-0.3, -0.25) is 4.79 Å². The topological polar surface area (TPSA) is 81.1 Å². The van der Waals surface area contributed by atoms with Crippen molar-refractivity contribution < 1.29 is 19.8 Å². The number of carboxylic acids is 1. The first-order valence-electron chi connectivity index (χ1n) is 7.85. The van der Waals surface area contributed by atoms with Gasteiger partial charge >= 0.3 is 12.0 Å². The van der Waals surface area contributed by atoms with Crippen LogP contribution in [0.3, 0.4) is 0 Å². The normalized spacial score (nSPS) is 21.9. The van der Waals surface area contributed by atoms with Crippen LogP contribution in [0, 0.1) is 5.41 Å². The van der Waals surface area contributed by atoms with E-state index in [0.29, 0.717) is 25.9 Å². The number of nitrogens with zero attached hydrogens (tertiary/aromatic N) is 2. The van der Waals surface area contributed by atoms with E-state index in [9.17, 15) is 19.8 Å². The molecule has 0 aliphatic carbocycles. The minimum Gasteiger partial charge on any atom is -0.481 e. The van der Waals surface area contributed by atoms with Gasteiger partial charge in [0.25, 0.3) is 0 Å². The lowest BCUT2D eigenvalue weighted by Crippen LogP contribution is -2.49. The number of carbonyl (C=O) groups is 2. The minimum absolute atomic E-state index is 0.0755. The SMILES string of the molecule is CCC(CC)N(CCO)C(=O)N1CCC(CC)(C(=O)O)C1. The predicted octanol–water partition coefficient (Wildman–Crippen LogP) is 1.78. The lowest BCUT2D eigenvalue weighted by Gasteiger charge is -2.34. The van der Waals surface area contributed by atoms with Crippen LogP contribution in [-0.2, 0) is 4.79 Å². The number of carbonyl (C=O) groups excluding carboxylic acids is 1. The summed E-state index contributed by atoms with van der Waals surface area (Å²) in [5, 5.41) is 18.6. The van der Waals surface area contributed by atoms with E-state index >= 15 is 0 Å². The molecular weight excluding hydrogens is 272 g/mol. The molecule has 0 bridgehead atoms. The summed E-state index contributed by atoms with van der Waals surface area (Å²) in [4.78, 5) is 27.5. The van der Waals surface area contributed by atoms with Crippen molar-refractivity contribution in [3.05, 3.63) is 0 Å². The highest BCUT2D eigenvalue weighted by Crippen LogP contribution is 2.34. The Morgan fingerprint density at radius 1 is 1.29 bits per heavy atom. The molecule has 1 saturated heterocycles. The monoisotopic (exact) mass is 300 g/mol. The fourth-order valence-electron chi connectivity index (χ4n) is 3.10. The van der Waals surface area contributed by atoms with Gasteiger partial charge in [-0.05, 0) is 25.7 Å². The second kappa shape index (κ2) is 7.64. The summed E-state index contributed by atoms with van der Waals surface area (Å²) < 4.78 is 0. The molecule has 1 rings (SSSR count). The molecule has 1 unspecified atom stereocenters. The molecule has 1 heterocycles. The quantitative estimate of drug-likeness (QED) is 0.751. The second-order valence-corrected chi connectivity index (χ2v) is 5.78. The van der Waals surface area contributed by atoms with Crippen molar-refractivity contribution in [3.63, 3.8) is 0 Å². The van der Waals surface area contributed by atoms with Crippen LogP contribution < -0.4 is 0 Å². The highest BCUT2D eigenvalue weighted by molar-refractivity contribution is 5.80. The number of carboxylic acid groups (broad SMARTS) is 1. The van der Waals surface area contributed by atoms with E-state index in [-0.39, 0.29) is 25.2 Å². The van der Waals surface area contributed by atoms with Gasteiger partial charge in [-0.15, -0.1) is 0 Å². The van der Waals surface area contributed by atoms with Crippen molar-refractivity contribution in [2.75, 3.05) is 26.2 Å². The van der Waals surface area contributed by atoms with Crippen LogP contribution in [0.5, 0.6) is 0 Å². The van der Waals surface area contributed by atoms with Crippen molar-refractivity contribution in [1.82, 2.24) is 9.80 Å². The van der Waals surface area contributed by atoms with Gasteiger partial charge in [0.2, 0.25) is 0 Å². The molecule has 0 aromatic heterocycles. The van der Waals surface area contributed by atoms with Crippen LogP contribution in [0.4, 0.5) is 4.79 Å². The van der Waals surface area contributed by atoms with Gasteiger partial charge in [-0.2, -0.15) is 0 Å². The number of urea groups is 1. The van der Waals surface area contributed by atoms with Gasteiger partial charge in [0.1, 0.15) is 0 Å². The summed E-state index contributed by atoms with van der Waals surface area (Å²) in [6.45, 7) is 6.85. The van der Waals surface area contributed by atoms with E-state index < -0.39 is 11.4 Å². The Kier molecular flexibility index (Phi) is 6.45. The summed E-state index contributed by atoms with van der Waals surface area (Å²) >= 11 is 0. The highest BCUT2D eigenvalue weighted by atomic mass is 16.4. The number of rotatable bonds is 7. The Hall–Kier alpha value is -1.30. The van der Waals surface area contributed by atoms with Crippen LogP contribution in [0.15, 0.2) is 0 Å². The third-order valence-electron chi connectivity index (χ3n) is 4.72. The standard InChI is InChI=1S/C15H28N2O4/c1-4-12(5-2)17(9-10-18)14(21)16-8-7-15(6-3,11-16)13(19)20/h12,18H,4-11H2,1-3H3,(H,19,20). The fraction of sp³-hybridized carbons (Fsp3) is 0.867. The average molecular weight is 300 g/mol. The summed E-state index contributed by atoms with van der Waals surface area (Å²) in [7, 11) is 0. The average Bonchev–Trinajstić information content (AvgIpc) is 2.92. The molecule has 1 fully saturated rings. The number of hydrogen-bond donors (Lipinski definition) is 2. The third-order valence-corrected chi connectivity index (χ3v) is 4.72. The zero-order valence-corrected chi connectivity index (χ0v) is 13.3. The minimum atomic E-state index is -0.823. The molecule has 122 valence electrons. The molecule has 0 aromatic carbocycles.